The number of hydrogen-bond acceptors (Lipinski definition) is 5. The molecule has 0 unspecified atom stereocenters. The Hall–Kier alpha value is -2.61. The van der Waals surface area contributed by atoms with Crippen LogP contribution in [0.25, 0.3) is 5.65 Å². The molecule has 2 aromatic heterocycles. The quantitative estimate of drug-likeness (QED) is 0.694. The molecule has 1 saturated carbocycles. The van der Waals surface area contributed by atoms with Crippen molar-refractivity contribution < 1.29 is 4.79 Å². The van der Waals surface area contributed by atoms with Crippen LogP contribution in [0.5, 0.6) is 0 Å². The van der Waals surface area contributed by atoms with E-state index >= 15 is 0 Å². The van der Waals surface area contributed by atoms with Crippen molar-refractivity contribution in [3.8, 4) is 0 Å². The number of fused-ring (bicyclic) bond motifs is 1. The zero-order valence-corrected chi connectivity index (χ0v) is 17.5. The lowest BCUT2D eigenvalue weighted by molar-refractivity contribution is -0.117. The van der Waals surface area contributed by atoms with Gasteiger partial charge >= 0.3 is 5.69 Å². The van der Waals surface area contributed by atoms with Gasteiger partial charge in [0.05, 0.1) is 0 Å². The molecule has 1 aliphatic carbocycles. The van der Waals surface area contributed by atoms with Crippen LogP contribution in [0.3, 0.4) is 0 Å². The van der Waals surface area contributed by atoms with Crippen LogP contribution in [0.2, 0.25) is 0 Å². The minimum atomic E-state index is -0.401. The van der Waals surface area contributed by atoms with Gasteiger partial charge in [-0.15, -0.1) is 16.9 Å². The van der Waals surface area contributed by atoms with Gasteiger partial charge in [-0.25, -0.2) is 9.48 Å². The molecule has 1 aromatic carbocycles. The molecule has 0 spiro atoms. The summed E-state index contributed by atoms with van der Waals surface area (Å²) in [5.74, 6) is -0.292. The van der Waals surface area contributed by atoms with E-state index in [1.807, 2.05) is 38.1 Å². The van der Waals surface area contributed by atoms with Gasteiger partial charge < -0.3 is 5.32 Å². The maximum atomic E-state index is 12.7. The number of nitrogens with one attached hydrogen (secondary N) is 1. The summed E-state index contributed by atoms with van der Waals surface area (Å²) in [5.41, 5.74) is 2.89. The third-order valence-electron chi connectivity index (χ3n) is 5.20. The largest absolute Gasteiger partial charge is 0.367 e. The monoisotopic (exact) mass is 411 g/mol. The summed E-state index contributed by atoms with van der Waals surface area (Å²) in [5, 5.41) is 12.9. The number of carbonyl (C=O) groups excluding carboxylic acids is 1. The maximum absolute atomic E-state index is 12.7. The lowest BCUT2D eigenvalue weighted by Crippen LogP contribution is -2.29. The van der Waals surface area contributed by atoms with E-state index in [1.54, 1.807) is 17.8 Å². The molecule has 7 nitrogen and oxygen atoms in total. The van der Waals surface area contributed by atoms with E-state index in [9.17, 15) is 9.59 Å². The molecular weight excluding hydrogens is 386 g/mol. The summed E-state index contributed by atoms with van der Waals surface area (Å²) < 4.78 is 2.45. The Morgan fingerprint density at radius 2 is 1.93 bits per heavy atom. The molecule has 0 bridgehead atoms. The Kier molecular flexibility index (Phi) is 5.71. The van der Waals surface area contributed by atoms with Crippen molar-refractivity contribution in [2.24, 2.45) is 0 Å². The van der Waals surface area contributed by atoms with Gasteiger partial charge in [-0.2, -0.15) is 9.61 Å². The van der Waals surface area contributed by atoms with E-state index in [0.29, 0.717) is 10.9 Å². The average Bonchev–Trinajstić information content (AvgIpc) is 3.00. The van der Waals surface area contributed by atoms with Gasteiger partial charge in [0.1, 0.15) is 11.6 Å². The summed E-state index contributed by atoms with van der Waals surface area (Å²) in [6.45, 7) is 3.79. The number of aromatic nitrogens is 4. The standard InChI is InChI=1S/C21H25N5O2S/c1-14-8-9-17(15(2)12-14)22-19(27)13-25-21(28)26-18(23-25)10-11-20(24-26)29-16-6-4-3-5-7-16/h8-12,16H,3-7,13H2,1-2H3,(H,22,27). The van der Waals surface area contributed by atoms with Crippen LogP contribution < -0.4 is 11.0 Å². The van der Waals surface area contributed by atoms with Crippen molar-refractivity contribution in [1.82, 2.24) is 19.4 Å². The van der Waals surface area contributed by atoms with E-state index < -0.39 is 5.69 Å². The highest BCUT2D eigenvalue weighted by Gasteiger charge is 2.17. The van der Waals surface area contributed by atoms with Crippen molar-refractivity contribution >= 4 is 29.0 Å². The van der Waals surface area contributed by atoms with Crippen LogP contribution >= 0.6 is 11.8 Å². The second-order valence-corrected chi connectivity index (χ2v) is 8.95. The number of benzene rings is 1. The molecule has 1 aliphatic rings. The second-order valence-electron chi connectivity index (χ2n) is 7.63. The van der Waals surface area contributed by atoms with Crippen molar-refractivity contribution in [3.05, 3.63) is 51.9 Å². The molecule has 2 heterocycles. The van der Waals surface area contributed by atoms with Gasteiger partial charge in [0, 0.05) is 10.9 Å². The number of thioether (sulfide) groups is 1. The molecule has 8 heteroatoms. The highest BCUT2D eigenvalue weighted by molar-refractivity contribution is 7.99. The fourth-order valence-electron chi connectivity index (χ4n) is 3.69. The summed E-state index contributed by atoms with van der Waals surface area (Å²) in [6, 6.07) is 9.50. The van der Waals surface area contributed by atoms with Crippen molar-refractivity contribution in [2.75, 3.05) is 5.32 Å². The first-order valence-corrected chi connectivity index (χ1v) is 10.9. The molecule has 4 rings (SSSR count). The van der Waals surface area contributed by atoms with Crippen LogP contribution in [-0.4, -0.2) is 30.6 Å². The summed E-state index contributed by atoms with van der Waals surface area (Å²) >= 11 is 1.73. The van der Waals surface area contributed by atoms with Crippen LogP contribution in [0.1, 0.15) is 43.2 Å². The third-order valence-corrected chi connectivity index (χ3v) is 6.47. The lowest BCUT2D eigenvalue weighted by atomic mass is 10.0. The molecule has 1 N–H and O–H groups in total. The van der Waals surface area contributed by atoms with E-state index in [4.69, 9.17) is 0 Å². The Morgan fingerprint density at radius 1 is 1.14 bits per heavy atom. The SMILES string of the molecule is Cc1ccc(NC(=O)Cn2nc3ccc(SC4CCCCC4)nn3c2=O)c(C)c1. The Labute approximate surface area is 173 Å². The highest BCUT2D eigenvalue weighted by atomic mass is 32.2. The first kappa shape index (κ1) is 19.7. The zero-order valence-electron chi connectivity index (χ0n) is 16.7. The predicted octanol–water partition coefficient (Wildman–Crippen LogP) is 3.57. The highest BCUT2D eigenvalue weighted by Crippen LogP contribution is 2.32. The molecule has 0 saturated heterocycles. The van der Waals surface area contributed by atoms with Crippen molar-refractivity contribution in [1.29, 1.82) is 0 Å². The van der Waals surface area contributed by atoms with Gasteiger partial charge in [-0.05, 0) is 50.5 Å². The molecule has 3 aromatic rings. The topological polar surface area (TPSA) is 81.3 Å². The minimum absolute atomic E-state index is 0.152. The normalized spacial score (nSPS) is 15.0. The van der Waals surface area contributed by atoms with Crippen LogP contribution in [-0.2, 0) is 11.3 Å². The summed E-state index contributed by atoms with van der Waals surface area (Å²) in [4.78, 5) is 25.1. The Morgan fingerprint density at radius 3 is 2.69 bits per heavy atom. The molecule has 0 atom stereocenters. The summed E-state index contributed by atoms with van der Waals surface area (Å²) in [6.07, 6.45) is 6.20. The van der Waals surface area contributed by atoms with Crippen molar-refractivity contribution in [3.63, 3.8) is 0 Å². The zero-order chi connectivity index (χ0) is 20.4. The fourth-order valence-corrected chi connectivity index (χ4v) is 4.88. The first-order valence-electron chi connectivity index (χ1n) is 10.0. The minimum Gasteiger partial charge on any atom is -0.324 e. The Bertz CT molecular complexity index is 1100. The first-order chi connectivity index (χ1) is 14.0. The van der Waals surface area contributed by atoms with Crippen molar-refractivity contribution in [2.45, 2.75) is 62.8 Å². The smallest absolute Gasteiger partial charge is 0.324 e. The van der Waals surface area contributed by atoms with E-state index in [0.717, 1.165) is 26.5 Å². The fraction of sp³-hybridized carbons (Fsp3) is 0.429. The molecular formula is C21H25N5O2S. The van der Waals surface area contributed by atoms with Gasteiger partial charge in [-0.3, -0.25) is 4.79 Å². The van der Waals surface area contributed by atoms with Crippen LogP contribution in [0.15, 0.2) is 40.2 Å². The van der Waals surface area contributed by atoms with Gasteiger partial charge in [-0.1, -0.05) is 37.0 Å². The number of nitrogens with zero attached hydrogens (tertiary/aromatic N) is 4. The molecule has 0 radical (unpaired) electrons. The van der Waals surface area contributed by atoms with Gasteiger partial charge in [0.2, 0.25) is 5.91 Å². The number of rotatable bonds is 5. The van der Waals surface area contributed by atoms with Gasteiger partial charge in [0.15, 0.2) is 5.65 Å². The maximum Gasteiger partial charge on any atom is 0.367 e. The number of anilines is 1. The molecule has 29 heavy (non-hydrogen) atoms. The molecule has 0 aliphatic heterocycles. The van der Waals surface area contributed by atoms with Crippen LogP contribution in [0, 0.1) is 13.8 Å². The van der Waals surface area contributed by atoms with E-state index in [1.165, 1.54) is 36.6 Å². The van der Waals surface area contributed by atoms with Gasteiger partial charge in [0.25, 0.3) is 0 Å². The molecule has 1 amide bonds. The molecule has 152 valence electrons. The predicted molar refractivity (Wildman–Crippen MR) is 115 cm³/mol. The second kappa shape index (κ2) is 8.41. The Balaban J connectivity index is 1.49. The van der Waals surface area contributed by atoms with E-state index in [-0.39, 0.29) is 12.5 Å². The number of carbonyl (C=O) groups is 1. The number of amides is 1. The third kappa shape index (κ3) is 4.53. The van der Waals surface area contributed by atoms with Crippen LogP contribution in [0.4, 0.5) is 5.69 Å². The molecule has 1 fully saturated rings. The van der Waals surface area contributed by atoms with E-state index in [2.05, 4.69) is 15.5 Å². The number of hydrogen-bond donors (Lipinski definition) is 1. The summed E-state index contributed by atoms with van der Waals surface area (Å²) in [7, 11) is 0. The number of aryl methyl sites for hydroxylation is 2. The lowest BCUT2D eigenvalue weighted by Gasteiger charge is -2.20. The average molecular weight is 412 g/mol.